The number of hydrogen-bond acceptors (Lipinski definition) is 1. The summed E-state index contributed by atoms with van der Waals surface area (Å²) in [5.41, 5.74) is 10.9. The van der Waals surface area contributed by atoms with E-state index >= 15 is 0 Å². The van der Waals surface area contributed by atoms with Crippen molar-refractivity contribution < 1.29 is 0 Å². The first-order valence-electron chi connectivity index (χ1n) is 6.72. The van der Waals surface area contributed by atoms with Gasteiger partial charge in [-0.2, -0.15) is 0 Å². The van der Waals surface area contributed by atoms with Crippen molar-refractivity contribution in [2.45, 2.75) is 32.7 Å². The predicted molar refractivity (Wildman–Crippen MR) is 82.7 cm³/mol. The van der Waals surface area contributed by atoms with Gasteiger partial charge in [0.15, 0.2) is 0 Å². The highest BCUT2D eigenvalue weighted by molar-refractivity contribution is 6.31. The standard InChI is InChI=1S/C17H20ClN/c1-3-4-13-6-9-14(10-7-13)17(19)15-8-5-12(2)16(18)11-15/h5-11,17H,3-4,19H2,1-2H3. The van der Waals surface area contributed by atoms with E-state index in [1.807, 2.05) is 25.1 Å². The highest BCUT2D eigenvalue weighted by Gasteiger charge is 2.10. The van der Waals surface area contributed by atoms with Crippen molar-refractivity contribution in [3.63, 3.8) is 0 Å². The number of benzene rings is 2. The Labute approximate surface area is 120 Å². The van der Waals surface area contributed by atoms with E-state index in [1.54, 1.807) is 0 Å². The molecule has 0 bridgehead atoms. The summed E-state index contributed by atoms with van der Waals surface area (Å²) >= 11 is 6.16. The summed E-state index contributed by atoms with van der Waals surface area (Å²) in [4.78, 5) is 0. The van der Waals surface area contributed by atoms with Crippen LogP contribution in [0.2, 0.25) is 5.02 Å². The highest BCUT2D eigenvalue weighted by atomic mass is 35.5. The topological polar surface area (TPSA) is 26.0 Å². The third-order valence-corrected chi connectivity index (χ3v) is 3.84. The van der Waals surface area contributed by atoms with Crippen LogP contribution in [-0.2, 0) is 6.42 Å². The Hall–Kier alpha value is -1.31. The molecule has 0 radical (unpaired) electrons. The van der Waals surface area contributed by atoms with E-state index in [-0.39, 0.29) is 6.04 Å². The van der Waals surface area contributed by atoms with E-state index in [0.29, 0.717) is 0 Å². The van der Waals surface area contributed by atoms with Gasteiger partial charge in [-0.25, -0.2) is 0 Å². The number of hydrogen-bond donors (Lipinski definition) is 1. The van der Waals surface area contributed by atoms with E-state index in [1.165, 1.54) is 12.0 Å². The first-order valence-corrected chi connectivity index (χ1v) is 7.10. The van der Waals surface area contributed by atoms with Crippen LogP contribution in [0.4, 0.5) is 0 Å². The van der Waals surface area contributed by atoms with E-state index in [0.717, 1.165) is 28.1 Å². The number of halogens is 1. The summed E-state index contributed by atoms with van der Waals surface area (Å²) in [6, 6.07) is 14.5. The molecule has 0 amide bonds. The van der Waals surface area contributed by atoms with Crippen LogP contribution in [0.25, 0.3) is 0 Å². The van der Waals surface area contributed by atoms with Gasteiger partial charge in [-0.05, 0) is 41.7 Å². The van der Waals surface area contributed by atoms with Crippen LogP contribution >= 0.6 is 11.6 Å². The zero-order valence-electron chi connectivity index (χ0n) is 11.5. The molecular formula is C17H20ClN. The van der Waals surface area contributed by atoms with Crippen molar-refractivity contribution >= 4 is 11.6 Å². The fourth-order valence-corrected chi connectivity index (χ4v) is 2.36. The Morgan fingerprint density at radius 1 is 1.05 bits per heavy atom. The lowest BCUT2D eigenvalue weighted by Crippen LogP contribution is -2.11. The molecule has 2 aromatic carbocycles. The summed E-state index contributed by atoms with van der Waals surface area (Å²) in [5, 5.41) is 0.774. The maximum Gasteiger partial charge on any atom is 0.0552 e. The molecule has 0 spiro atoms. The molecule has 0 aliphatic carbocycles. The Kier molecular flexibility index (Phi) is 4.62. The molecule has 1 unspecified atom stereocenters. The maximum absolute atomic E-state index is 6.30. The van der Waals surface area contributed by atoms with Gasteiger partial charge >= 0.3 is 0 Å². The fraction of sp³-hybridized carbons (Fsp3) is 0.294. The third-order valence-electron chi connectivity index (χ3n) is 3.43. The molecule has 0 saturated carbocycles. The van der Waals surface area contributed by atoms with Gasteiger partial charge in [-0.3, -0.25) is 0 Å². The van der Waals surface area contributed by atoms with Gasteiger partial charge in [0, 0.05) is 5.02 Å². The van der Waals surface area contributed by atoms with Crippen LogP contribution in [0.1, 0.15) is 41.6 Å². The molecule has 2 heteroatoms. The van der Waals surface area contributed by atoms with Crippen LogP contribution < -0.4 is 5.73 Å². The quantitative estimate of drug-likeness (QED) is 0.862. The average molecular weight is 274 g/mol. The SMILES string of the molecule is CCCc1ccc(C(N)c2ccc(C)c(Cl)c2)cc1. The summed E-state index contributed by atoms with van der Waals surface area (Å²) in [6.07, 6.45) is 2.28. The molecule has 100 valence electrons. The molecule has 0 saturated heterocycles. The Bertz CT molecular complexity index is 546. The molecule has 2 aromatic rings. The highest BCUT2D eigenvalue weighted by Crippen LogP contribution is 2.24. The minimum Gasteiger partial charge on any atom is -0.320 e. The predicted octanol–water partition coefficient (Wildman–Crippen LogP) is 4.65. The van der Waals surface area contributed by atoms with Crippen LogP contribution in [0.3, 0.4) is 0 Å². The molecule has 2 N–H and O–H groups in total. The first kappa shape index (κ1) is 14.1. The van der Waals surface area contributed by atoms with Gasteiger partial charge in [0.25, 0.3) is 0 Å². The second-order valence-electron chi connectivity index (χ2n) is 4.98. The van der Waals surface area contributed by atoms with Crippen LogP contribution in [-0.4, -0.2) is 0 Å². The molecule has 0 fully saturated rings. The van der Waals surface area contributed by atoms with Crippen LogP contribution in [0.15, 0.2) is 42.5 Å². The second-order valence-corrected chi connectivity index (χ2v) is 5.39. The third kappa shape index (κ3) is 3.37. The van der Waals surface area contributed by atoms with E-state index in [2.05, 4.69) is 31.2 Å². The van der Waals surface area contributed by atoms with Crippen molar-refractivity contribution in [2.75, 3.05) is 0 Å². The summed E-state index contributed by atoms with van der Waals surface area (Å²) in [5.74, 6) is 0. The molecule has 0 aliphatic rings. The molecular weight excluding hydrogens is 254 g/mol. The molecule has 0 aromatic heterocycles. The zero-order valence-corrected chi connectivity index (χ0v) is 12.2. The first-order chi connectivity index (χ1) is 9.11. The summed E-state index contributed by atoms with van der Waals surface area (Å²) in [7, 11) is 0. The largest absolute Gasteiger partial charge is 0.320 e. The smallest absolute Gasteiger partial charge is 0.0552 e. The molecule has 1 nitrogen and oxygen atoms in total. The Balaban J connectivity index is 2.22. The van der Waals surface area contributed by atoms with Gasteiger partial charge in [0.1, 0.15) is 0 Å². The van der Waals surface area contributed by atoms with Gasteiger partial charge in [-0.15, -0.1) is 0 Å². The molecule has 2 rings (SSSR count). The monoisotopic (exact) mass is 273 g/mol. The molecule has 19 heavy (non-hydrogen) atoms. The fourth-order valence-electron chi connectivity index (χ4n) is 2.18. The van der Waals surface area contributed by atoms with Crippen molar-refractivity contribution in [2.24, 2.45) is 5.73 Å². The Morgan fingerprint density at radius 2 is 1.68 bits per heavy atom. The lowest BCUT2D eigenvalue weighted by atomic mass is 9.97. The molecule has 0 heterocycles. The van der Waals surface area contributed by atoms with Gasteiger partial charge < -0.3 is 5.73 Å². The second kappa shape index (κ2) is 6.23. The van der Waals surface area contributed by atoms with Gasteiger partial charge in [0.05, 0.1) is 6.04 Å². The van der Waals surface area contributed by atoms with E-state index in [4.69, 9.17) is 17.3 Å². The van der Waals surface area contributed by atoms with Crippen molar-refractivity contribution in [1.82, 2.24) is 0 Å². The zero-order chi connectivity index (χ0) is 13.8. The maximum atomic E-state index is 6.30. The van der Waals surface area contributed by atoms with Crippen molar-refractivity contribution in [3.8, 4) is 0 Å². The normalized spacial score (nSPS) is 12.4. The summed E-state index contributed by atoms with van der Waals surface area (Å²) < 4.78 is 0. The van der Waals surface area contributed by atoms with Gasteiger partial charge in [-0.1, -0.05) is 61.3 Å². The summed E-state index contributed by atoms with van der Waals surface area (Å²) in [6.45, 7) is 4.19. The average Bonchev–Trinajstić information content (AvgIpc) is 2.42. The molecule has 1 atom stereocenters. The molecule has 0 aliphatic heterocycles. The minimum atomic E-state index is -0.117. The van der Waals surface area contributed by atoms with E-state index < -0.39 is 0 Å². The number of rotatable bonds is 4. The van der Waals surface area contributed by atoms with Crippen LogP contribution in [0.5, 0.6) is 0 Å². The lowest BCUT2D eigenvalue weighted by molar-refractivity contribution is 0.864. The van der Waals surface area contributed by atoms with E-state index in [9.17, 15) is 0 Å². The van der Waals surface area contributed by atoms with Crippen molar-refractivity contribution in [3.05, 3.63) is 69.7 Å². The van der Waals surface area contributed by atoms with Crippen LogP contribution in [0, 0.1) is 6.92 Å². The van der Waals surface area contributed by atoms with Crippen molar-refractivity contribution in [1.29, 1.82) is 0 Å². The van der Waals surface area contributed by atoms with Gasteiger partial charge in [0.2, 0.25) is 0 Å². The number of nitrogens with two attached hydrogens (primary N) is 1. The Morgan fingerprint density at radius 3 is 2.26 bits per heavy atom. The lowest BCUT2D eigenvalue weighted by Gasteiger charge is -2.14. The minimum absolute atomic E-state index is 0.117. The number of aryl methyl sites for hydroxylation is 2.